The van der Waals surface area contributed by atoms with Gasteiger partial charge in [0, 0.05) is 18.9 Å². The summed E-state index contributed by atoms with van der Waals surface area (Å²) in [6, 6.07) is 10.0. The van der Waals surface area contributed by atoms with Gasteiger partial charge in [-0.25, -0.2) is 0 Å². The second-order valence-corrected chi connectivity index (χ2v) is 5.97. The van der Waals surface area contributed by atoms with Crippen molar-refractivity contribution < 1.29 is 9.53 Å². The minimum Gasteiger partial charge on any atom is -0.490 e. The summed E-state index contributed by atoms with van der Waals surface area (Å²) in [5, 5.41) is 6.93. The summed E-state index contributed by atoms with van der Waals surface area (Å²) < 4.78 is 7.57. The Labute approximate surface area is 136 Å². The molecule has 0 spiro atoms. The monoisotopic (exact) mass is 313 g/mol. The number of ether oxygens (including phenoxy) is 1. The highest BCUT2D eigenvalue weighted by Gasteiger charge is 2.16. The number of hydrogen-bond acceptors (Lipinski definition) is 3. The van der Waals surface area contributed by atoms with E-state index in [1.807, 2.05) is 18.2 Å². The van der Waals surface area contributed by atoms with Gasteiger partial charge >= 0.3 is 0 Å². The molecule has 2 aromatic rings. The van der Waals surface area contributed by atoms with E-state index in [0.717, 1.165) is 12.2 Å². The zero-order valence-corrected chi connectivity index (χ0v) is 13.3. The van der Waals surface area contributed by atoms with Crippen LogP contribution in [-0.4, -0.2) is 28.3 Å². The van der Waals surface area contributed by atoms with Crippen LogP contribution in [0.4, 0.5) is 0 Å². The Hall–Kier alpha value is -2.30. The molecule has 0 radical (unpaired) electrons. The zero-order chi connectivity index (χ0) is 15.9. The molecule has 0 bridgehead atoms. The highest BCUT2D eigenvalue weighted by Crippen LogP contribution is 2.24. The van der Waals surface area contributed by atoms with Gasteiger partial charge in [0.1, 0.15) is 12.3 Å². The molecule has 1 N–H and O–H groups in total. The zero-order valence-electron chi connectivity index (χ0n) is 13.3. The van der Waals surface area contributed by atoms with Gasteiger partial charge in [0.05, 0.1) is 6.10 Å². The van der Waals surface area contributed by atoms with E-state index in [1.165, 1.54) is 31.2 Å². The number of benzene rings is 1. The largest absolute Gasteiger partial charge is 0.490 e. The summed E-state index contributed by atoms with van der Waals surface area (Å²) in [6.45, 7) is 0.893. The molecule has 1 aromatic heterocycles. The molecule has 0 aliphatic heterocycles. The van der Waals surface area contributed by atoms with Gasteiger partial charge in [-0.1, -0.05) is 12.1 Å². The Kier molecular flexibility index (Phi) is 5.29. The Morgan fingerprint density at radius 3 is 2.74 bits per heavy atom. The fourth-order valence-corrected chi connectivity index (χ4v) is 2.88. The van der Waals surface area contributed by atoms with Gasteiger partial charge in [-0.3, -0.25) is 9.48 Å². The Bertz CT molecular complexity index is 602. The number of nitrogens with one attached hydrogen (secondary N) is 1. The molecule has 1 aromatic carbocycles. The van der Waals surface area contributed by atoms with Crippen molar-refractivity contribution in [3.05, 3.63) is 48.3 Å². The molecular weight excluding hydrogens is 290 g/mol. The molecule has 1 saturated carbocycles. The summed E-state index contributed by atoms with van der Waals surface area (Å²) in [7, 11) is 0. The van der Waals surface area contributed by atoms with Gasteiger partial charge < -0.3 is 10.1 Å². The summed E-state index contributed by atoms with van der Waals surface area (Å²) in [6.07, 6.45) is 9.55. The maximum absolute atomic E-state index is 11.8. The summed E-state index contributed by atoms with van der Waals surface area (Å²) >= 11 is 0. The number of hydrogen-bond donors (Lipinski definition) is 1. The molecular formula is C18H23N3O2. The summed E-state index contributed by atoms with van der Waals surface area (Å²) in [5.41, 5.74) is 1.20. The second kappa shape index (κ2) is 7.81. The van der Waals surface area contributed by atoms with Crippen molar-refractivity contribution in [1.82, 2.24) is 15.1 Å². The van der Waals surface area contributed by atoms with Crippen LogP contribution in [0, 0.1) is 0 Å². The summed E-state index contributed by atoms with van der Waals surface area (Å²) in [4.78, 5) is 11.8. The average Bonchev–Trinajstić information content (AvgIpc) is 3.23. The van der Waals surface area contributed by atoms with Crippen LogP contribution < -0.4 is 10.1 Å². The second-order valence-electron chi connectivity index (χ2n) is 5.97. The van der Waals surface area contributed by atoms with E-state index in [0.29, 0.717) is 12.6 Å². The van der Waals surface area contributed by atoms with Crippen molar-refractivity contribution in [1.29, 1.82) is 0 Å². The van der Waals surface area contributed by atoms with Gasteiger partial charge in [0.15, 0.2) is 0 Å². The third kappa shape index (κ3) is 4.84. The smallest absolute Gasteiger partial charge is 0.241 e. The number of amides is 1. The van der Waals surface area contributed by atoms with Crippen LogP contribution in [0.15, 0.2) is 42.7 Å². The molecule has 5 heteroatoms. The van der Waals surface area contributed by atoms with Crippen molar-refractivity contribution in [2.45, 2.75) is 44.8 Å². The molecule has 1 heterocycles. The number of carbonyl (C=O) groups excluding carboxylic acids is 1. The molecule has 1 amide bonds. The van der Waals surface area contributed by atoms with E-state index >= 15 is 0 Å². The van der Waals surface area contributed by atoms with Crippen LogP contribution in [-0.2, 0) is 17.8 Å². The van der Waals surface area contributed by atoms with Crippen LogP contribution >= 0.6 is 0 Å². The van der Waals surface area contributed by atoms with E-state index in [1.54, 1.807) is 17.1 Å². The average molecular weight is 313 g/mol. The maximum atomic E-state index is 11.8. The predicted molar refractivity (Wildman–Crippen MR) is 88.3 cm³/mol. The molecule has 1 aliphatic rings. The van der Waals surface area contributed by atoms with E-state index in [-0.39, 0.29) is 12.5 Å². The first kappa shape index (κ1) is 15.6. The van der Waals surface area contributed by atoms with Gasteiger partial charge in [0.2, 0.25) is 5.91 Å². The molecule has 0 saturated heterocycles. The minimum atomic E-state index is -0.0186. The Balaban J connectivity index is 1.39. The van der Waals surface area contributed by atoms with E-state index in [2.05, 4.69) is 22.5 Å². The van der Waals surface area contributed by atoms with Crippen LogP contribution in [0.5, 0.6) is 5.75 Å². The molecule has 1 aliphatic carbocycles. The van der Waals surface area contributed by atoms with Crippen LogP contribution in [0.1, 0.15) is 31.2 Å². The normalized spacial score (nSPS) is 14.8. The van der Waals surface area contributed by atoms with Crippen molar-refractivity contribution >= 4 is 5.91 Å². The predicted octanol–water partition coefficient (Wildman–Crippen LogP) is 2.56. The topological polar surface area (TPSA) is 56.2 Å². The SMILES string of the molecule is O=C(Cn1cccn1)NCCc1ccc(OC2CCCC2)cc1. The maximum Gasteiger partial charge on any atom is 0.241 e. The number of aromatic nitrogens is 2. The Morgan fingerprint density at radius 2 is 2.04 bits per heavy atom. The molecule has 0 atom stereocenters. The van der Waals surface area contributed by atoms with Crippen LogP contribution in [0.2, 0.25) is 0 Å². The first-order chi connectivity index (χ1) is 11.3. The number of rotatable bonds is 7. The van der Waals surface area contributed by atoms with Crippen molar-refractivity contribution in [2.24, 2.45) is 0 Å². The molecule has 0 unspecified atom stereocenters. The number of carbonyl (C=O) groups is 1. The lowest BCUT2D eigenvalue weighted by Crippen LogP contribution is -2.29. The third-order valence-electron chi connectivity index (χ3n) is 4.13. The summed E-state index contributed by atoms with van der Waals surface area (Å²) in [5.74, 6) is 0.929. The van der Waals surface area contributed by atoms with Gasteiger partial charge in [-0.2, -0.15) is 5.10 Å². The van der Waals surface area contributed by atoms with E-state index in [9.17, 15) is 4.79 Å². The highest BCUT2D eigenvalue weighted by atomic mass is 16.5. The number of nitrogens with zero attached hydrogens (tertiary/aromatic N) is 2. The molecule has 5 nitrogen and oxygen atoms in total. The van der Waals surface area contributed by atoms with E-state index in [4.69, 9.17) is 4.74 Å². The quantitative estimate of drug-likeness (QED) is 0.855. The molecule has 23 heavy (non-hydrogen) atoms. The standard InChI is InChI=1S/C18H23N3O2/c22-18(14-21-13-3-11-20-21)19-12-10-15-6-8-17(9-7-15)23-16-4-1-2-5-16/h3,6-9,11,13,16H,1-2,4-5,10,12,14H2,(H,19,22). The highest BCUT2D eigenvalue weighted by molar-refractivity contribution is 5.75. The molecule has 3 rings (SSSR count). The minimum absolute atomic E-state index is 0.0186. The lowest BCUT2D eigenvalue weighted by atomic mass is 10.1. The van der Waals surface area contributed by atoms with Crippen molar-refractivity contribution in [2.75, 3.05) is 6.54 Å². The van der Waals surface area contributed by atoms with Gasteiger partial charge in [-0.05, 0) is 55.9 Å². The van der Waals surface area contributed by atoms with Crippen LogP contribution in [0.25, 0.3) is 0 Å². The molecule has 122 valence electrons. The fraction of sp³-hybridized carbons (Fsp3) is 0.444. The third-order valence-corrected chi connectivity index (χ3v) is 4.13. The lowest BCUT2D eigenvalue weighted by molar-refractivity contribution is -0.121. The first-order valence-electron chi connectivity index (χ1n) is 8.29. The van der Waals surface area contributed by atoms with Crippen LogP contribution in [0.3, 0.4) is 0 Å². The first-order valence-corrected chi connectivity index (χ1v) is 8.29. The van der Waals surface area contributed by atoms with Gasteiger partial charge in [0.25, 0.3) is 0 Å². The van der Waals surface area contributed by atoms with Crippen molar-refractivity contribution in [3.63, 3.8) is 0 Å². The van der Waals surface area contributed by atoms with Gasteiger partial charge in [-0.15, -0.1) is 0 Å². The van der Waals surface area contributed by atoms with Crippen molar-refractivity contribution in [3.8, 4) is 5.75 Å². The van der Waals surface area contributed by atoms with E-state index < -0.39 is 0 Å². The molecule has 1 fully saturated rings. The fourth-order valence-electron chi connectivity index (χ4n) is 2.88. The Morgan fingerprint density at radius 1 is 1.26 bits per heavy atom. The lowest BCUT2D eigenvalue weighted by Gasteiger charge is -2.13.